The van der Waals surface area contributed by atoms with Crippen LogP contribution in [0.3, 0.4) is 0 Å². The fourth-order valence-corrected chi connectivity index (χ4v) is 5.82. The van der Waals surface area contributed by atoms with Crippen LogP contribution in [0.1, 0.15) is 30.1 Å². The average Bonchev–Trinajstić information content (AvgIpc) is 3.51. The molecule has 6 nitrogen and oxygen atoms in total. The number of hydrogen-bond donors (Lipinski definition) is 2. The first-order valence-electron chi connectivity index (χ1n) is 11.6. The fourth-order valence-electron chi connectivity index (χ4n) is 4.87. The van der Waals surface area contributed by atoms with Crippen LogP contribution in [0.4, 0.5) is 5.82 Å². The lowest BCUT2D eigenvalue weighted by Gasteiger charge is -2.26. The third kappa shape index (κ3) is 3.77. The van der Waals surface area contributed by atoms with Gasteiger partial charge in [0, 0.05) is 35.6 Å². The Morgan fingerprint density at radius 2 is 1.94 bits per heavy atom. The first kappa shape index (κ1) is 21.0. The number of aromatic nitrogens is 4. The zero-order valence-corrected chi connectivity index (χ0v) is 19.5. The Morgan fingerprint density at radius 3 is 2.76 bits per heavy atom. The second kappa shape index (κ2) is 9.00. The molecule has 0 fully saturated rings. The molecule has 0 spiro atoms. The predicted molar refractivity (Wildman–Crippen MR) is 137 cm³/mol. The first-order chi connectivity index (χ1) is 16.8. The van der Waals surface area contributed by atoms with Gasteiger partial charge in [-0.15, -0.1) is 11.3 Å². The van der Waals surface area contributed by atoms with Crippen molar-refractivity contribution in [2.75, 3.05) is 11.9 Å². The second-order valence-corrected chi connectivity index (χ2v) is 9.39. The van der Waals surface area contributed by atoms with E-state index in [1.54, 1.807) is 17.5 Å². The Hall–Kier alpha value is -3.55. The van der Waals surface area contributed by atoms with Crippen LogP contribution in [0.5, 0.6) is 0 Å². The van der Waals surface area contributed by atoms with Gasteiger partial charge in [-0.1, -0.05) is 36.4 Å². The van der Waals surface area contributed by atoms with Crippen molar-refractivity contribution >= 4 is 27.4 Å². The molecule has 1 aliphatic carbocycles. The number of pyridine rings is 1. The number of anilines is 1. The summed E-state index contributed by atoms with van der Waals surface area (Å²) in [6.07, 6.45) is 7.03. The van der Waals surface area contributed by atoms with E-state index in [0.29, 0.717) is 12.4 Å². The number of hydrogen-bond acceptors (Lipinski definition) is 6. The number of aliphatic hydroxyl groups excluding tert-OH is 1. The van der Waals surface area contributed by atoms with Crippen LogP contribution in [0, 0.1) is 0 Å². The molecule has 1 aromatic carbocycles. The molecular weight excluding hydrogens is 442 g/mol. The molecular formula is C27H25N5OS. The van der Waals surface area contributed by atoms with Gasteiger partial charge in [0.05, 0.1) is 18.0 Å². The van der Waals surface area contributed by atoms with Crippen molar-refractivity contribution in [3.05, 3.63) is 83.6 Å². The zero-order valence-electron chi connectivity index (χ0n) is 18.7. The summed E-state index contributed by atoms with van der Waals surface area (Å²) in [5.41, 5.74) is 5.67. The normalized spacial score (nSPS) is 15.4. The standard InChI is InChI=1S/C27H25N5OS/c33-16-15-32-14-12-19-21(10-6-11-23(19)32)29-26-24-20(18-7-2-1-3-8-18)17-34-27(24)31-25(30-26)22-9-4-5-13-28-22/h1-5,7-9,12-14,17,21,33H,6,10-11,15-16H2,(H,29,30,31). The van der Waals surface area contributed by atoms with E-state index in [0.717, 1.165) is 52.1 Å². The topological polar surface area (TPSA) is 75.9 Å². The van der Waals surface area contributed by atoms with Gasteiger partial charge in [-0.05, 0) is 48.6 Å². The van der Waals surface area contributed by atoms with Gasteiger partial charge < -0.3 is 15.0 Å². The highest BCUT2D eigenvalue weighted by Crippen LogP contribution is 2.41. The molecule has 1 unspecified atom stereocenters. The smallest absolute Gasteiger partial charge is 0.181 e. The van der Waals surface area contributed by atoms with Gasteiger partial charge >= 0.3 is 0 Å². The fraction of sp³-hybridized carbons (Fsp3) is 0.222. The maximum absolute atomic E-state index is 9.45. The Kier molecular flexibility index (Phi) is 5.57. The SMILES string of the molecule is OCCn1ccc2c1CCCC2Nc1nc(-c2ccccn2)nc2scc(-c3ccccc3)c12. The van der Waals surface area contributed by atoms with Crippen LogP contribution >= 0.6 is 11.3 Å². The van der Waals surface area contributed by atoms with Crippen molar-refractivity contribution < 1.29 is 5.11 Å². The molecule has 34 heavy (non-hydrogen) atoms. The number of rotatable bonds is 6. The molecule has 5 aromatic rings. The Bertz CT molecular complexity index is 1430. The van der Waals surface area contributed by atoms with Crippen LogP contribution < -0.4 is 5.32 Å². The second-order valence-electron chi connectivity index (χ2n) is 8.53. The summed E-state index contributed by atoms with van der Waals surface area (Å²) in [6, 6.07) is 18.6. The van der Waals surface area contributed by atoms with Crippen LogP contribution in [0.2, 0.25) is 0 Å². The van der Waals surface area contributed by atoms with E-state index in [-0.39, 0.29) is 12.6 Å². The minimum absolute atomic E-state index is 0.147. The Labute approximate surface area is 202 Å². The molecule has 170 valence electrons. The van der Waals surface area contributed by atoms with Crippen molar-refractivity contribution in [3.63, 3.8) is 0 Å². The zero-order chi connectivity index (χ0) is 22.9. The first-order valence-corrected chi connectivity index (χ1v) is 12.5. The molecule has 0 radical (unpaired) electrons. The van der Waals surface area contributed by atoms with Crippen molar-refractivity contribution in [1.29, 1.82) is 0 Å². The van der Waals surface area contributed by atoms with Gasteiger partial charge in [0.2, 0.25) is 0 Å². The number of benzene rings is 1. The molecule has 1 atom stereocenters. The molecule has 1 aliphatic rings. The molecule has 0 amide bonds. The van der Waals surface area contributed by atoms with E-state index in [2.05, 4.69) is 56.8 Å². The molecule has 4 aromatic heterocycles. The van der Waals surface area contributed by atoms with Crippen molar-refractivity contribution in [1.82, 2.24) is 19.5 Å². The Morgan fingerprint density at radius 1 is 1.06 bits per heavy atom. The van der Waals surface area contributed by atoms with Gasteiger partial charge in [-0.25, -0.2) is 9.97 Å². The van der Waals surface area contributed by atoms with Crippen LogP contribution in [-0.4, -0.2) is 31.2 Å². The number of nitrogens with one attached hydrogen (secondary N) is 1. The predicted octanol–water partition coefficient (Wildman–Crippen LogP) is 5.70. The van der Waals surface area contributed by atoms with E-state index in [4.69, 9.17) is 9.97 Å². The van der Waals surface area contributed by atoms with E-state index < -0.39 is 0 Å². The van der Waals surface area contributed by atoms with Crippen LogP contribution in [0.25, 0.3) is 32.9 Å². The molecule has 0 saturated carbocycles. The molecule has 2 N–H and O–H groups in total. The number of aliphatic hydroxyl groups is 1. The van der Waals surface area contributed by atoms with E-state index in [9.17, 15) is 5.11 Å². The Balaban J connectivity index is 1.48. The minimum Gasteiger partial charge on any atom is -0.395 e. The van der Waals surface area contributed by atoms with Crippen molar-refractivity contribution in [2.45, 2.75) is 31.8 Å². The third-order valence-electron chi connectivity index (χ3n) is 6.46. The number of thiophene rings is 1. The maximum Gasteiger partial charge on any atom is 0.181 e. The van der Waals surface area contributed by atoms with Gasteiger partial charge in [-0.3, -0.25) is 4.98 Å². The van der Waals surface area contributed by atoms with Gasteiger partial charge in [0.1, 0.15) is 16.3 Å². The summed E-state index contributed by atoms with van der Waals surface area (Å²) in [7, 11) is 0. The minimum atomic E-state index is 0.147. The number of fused-ring (bicyclic) bond motifs is 2. The highest BCUT2D eigenvalue weighted by atomic mass is 32.1. The quantitative estimate of drug-likeness (QED) is 0.335. The summed E-state index contributed by atoms with van der Waals surface area (Å²) < 4.78 is 2.18. The monoisotopic (exact) mass is 467 g/mol. The molecule has 0 saturated heterocycles. The largest absolute Gasteiger partial charge is 0.395 e. The highest BCUT2D eigenvalue weighted by molar-refractivity contribution is 7.17. The van der Waals surface area contributed by atoms with Crippen LogP contribution in [0.15, 0.2) is 72.4 Å². The summed E-state index contributed by atoms with van der Waals surface area (Å²) in [5, 5.41) is 16.5. The highest BCUT2D eigenvalue weighted by Gasteiger charge is 2.25. The van der Waals surface area contributed by atoms with Gasteiger partial charge in [0.15, 0.2) is 5.82 Å². The number of nitrogens with zero attached hydrogens (tertiary/aromatic N) is 4. The van der Waals surface area contributed by atoms with Crippen molar-refractivity contribution in [3.8, 4) is 22.6 Å². The van der Waals surface area contributed by atoms with Crippen molar-refractivity contribution in [2.24, 2.45) is 0 Å². The molecule has 6 rings (SSSR count). The summed E-state index contributed by atoms with van der Waals surface area (Å²) in [6.45, 7) is 0.779. The summed E-state index contributed by atoms with van der Waals surface area (Å²) in [4.78, 5) is 15.3. The molecule has 7 heteroatoms. The molecule has 4 heterocycles. The lowest BCUT2D eigenvalue weighted by Crippen LogP contribution is -2.19. The van der Waals surface area contributed by atoms with Gasteiger partial charge in [0.25, 0.3) is 0 Å². The van der Waals surface area contributed by atoms with Crippen LogP contribution in [-0.2, 0) is 13.0 Å². The van der Waals surface area contributed by atoms with E-state index in [1.165, 1.54) is 11.3 Å². The average molecular weight is 468 g/mol. The van der Waals surface area contributed by atoms with E-state index in [1.807, 2.05) is 24.3 Å². The summed E-state index contributed by atoms with van der Waals surface area (Å²) >= 11 is 1.64. The van der Waals surface area contributed by atoms with Gasteiger partial charge in [-0.2, -0.15) is 0 Å². The lowest BCUT2D eigenvalue weighted by molar-refractivity contribution is 0.274. The summed E-state index contributed by atoms with van der Waals surface area (Å²) in [5.74, 6) is 1.48. The lowest BCUT2D eigenvalue weighted by atomic mass is 9.92. The molecule has 0 bridgehead atoms. The maximum atomic E-state index is 9.45. The molecule has 0 aliphatic heterocycles. The van der Waals surface area contributed by atoms with E-state index >= 15 is 0 Å². The third-order valence-corrected chi connectivity index (χ3v) is 7.33.